The second kappa shape index (κ2) is 4.49. The molecular weight excluding hydrogens is 222 g/mol. The van der Waals surface area contributed by atoms with E-state index < -0.39 is 0 Å². The minimum Gasteiger partial charge on any atom is -0.406 e. The summed E-state index contributed by atoms with van der Waals surface area (Å²) in [6.07, 6.45) is 1.80. The Labute approximate surface area is 106 Å². The lowest BCUT2D eigenvalue weighted by molar-refractivity contribution is -0.651. The van der Waals surface area contributed by atoms with Gasteiger partial charge < -0.3 is 4.42 Å². The fourth-order valence-corrected chi connectivity index (χ4v) is 2.09. The van der Waals surface area contributed by atoms with Gasteiger partial charge in [0, 0.05) is 5.56 Å². The van der Waals surface area contributed by atoms with E-state index in [1.165, 1.54) is 0 Å². The van der Waals surface area contributed by atoms with Crippen LogP contribution in [0, 0.1) is 0 Å². The Kier molecular flexibility index (Phi) is 2.69. The number of nitrogens with zero attached hydrogens (tertiary/aromatic N) is 1. The molecule has 0 fully saturated rings. The Morgan fingerprint density at radius 3 is 1.94 bits per heavy atom. The summed E-state index contributed by atoms with van der Waals surface area (Å²) >= 11 is 0. The van der Waals surface area contributed by atoms with Gasteiger partial charge in [0.1, 0.15) is 7.05 Å². The first-order valence-corrected chi connectivity index (χ1v) is 5.94. The van der Waals surface area contributed by atoms with Crippen LogP contribution < -0.4 is 4.57 Å². The lowest BCUT2D eigenvalue weighted by Gasteiger charge is -1.95. The van der Waals surface area contributed by atoms with E-state index in [2.05, 4.69) is 16.7 Å². The first-order chi connectivity index (χ1) is 8.86. The number of benzene rings is 2. The molecule has 0 amide bonds. The fourth-order valence-electron chi connectivity index (χ4n) is 2.09. The predicted molar refractivity (Wildman–Crippen MR) is 70.8 cm³/mol. The molecule has 2 heteroatoms. The second-order valence-electron chi connectivity index (χ2n) is 4.22. The molecule has 88 valence electrons. The molecule has 0 saturated heterocycles. The van der Waals surface area contributed by atoms with Gasteiger partial charge in [-0.25, -0.2) is 0 Å². The van der Waals surface area contributed by atoms with Gasteiger partial charge in [0.15, 0.2) is 6.26 Å². The Bertz CT molecular complexity index is 584. The summed E-state index contributed by atoms with van der Waals surface area (Å²) < 4.78 is 7.77. The number of hydrogen-bond acceptors (Lipinski definition) is 1. The maximum Gasteiger partial charge on any atom is 0.380 e. The summed E-state index contributed by atoms with van der Waals surface area (Å²) in [7, 11) is 2.02. The summed E-state index contributed by atoms with van der Waals surface area (Å²) in [6.45, 7) is 0. The SMILES string of the molecule is C[n+]1c(-c2ccccc2)coc1-c1ccccc1. The molecule has 18 heavy (non-hydrogen) atoms. The van der Waals surface area contributed by atoms with E-state index in [1.807, 2.05) is 55.6 Å². The highest BCUT2D eigenvalue weighted by molar-refractivity contribution is 5.57. The van der Waals surface area contributed by atoms with E-state index in [0.717, 1.165) is 22.7 Å². The lowest BCUT2D eigenvalue weighted by atomic mass is 10.1. The average molecular weight is 236 g/mol. The van der Waals surface area contributed by atoms with Crippen LogP contribution in [0.5, 0.6) is 0 Å². The summed E-state index contributed by atoms with van der Waals surface area (Å²) in [5.41, 5.74) is 3.32. The third-order valence-corrected chi connectivity index (χ3v) is 3.04. The molecule has 0 atom stereocenters. The quantitative estimate of drug-likeness (QED) is 0.623. The normalized spacial score (nSPS) is 10.5. The topological polar surface area (TPSA) is 17.0 Å². The van der Waals surface area contributed by atoms with E-state index >= 15 is 0 Å². The third-order valence-electron chi connectivity index (χ3n) is 3.04. The van der Waals surface area contributed by atoms with E-state index in [9.17, 15) is 0 Å². The van der Waals surface area contributed by atoms with Crippen molar-refractivity contribution in [2.75, 3.05) is 0 Å². The van der Waals surface area contributed by atoms with Crippen LogP contribution in [0.3, 0.4) is 0 Å². The molecule has 0 N–H and O–H groups in total. The first-order valence-electron chi connectivity index (χ1n) is 5.94. The Balaban J connectivity index is 2.09. The van der Waals surface area contributed by atoms with Crippen molar-refractivity contribution in [3.63, 3.8) is 0 Å². The van der Waals surface area contributed by atoms with Gasteiger partial charge in [-0.3, -0.25) is 0 Å². The molecule has 0 aliphatic heterocycles. The average Bonchev–Trinajstić information content (AvgIpc) is 2.83. The maximum absolute atomic E-state index is 5.70. The van der Waals surface area contributed by atoms with Crippen molar-refractivity contribution in [1.29, 1.82) is 0 Å². The van der Waals surface area contributed by atoms with Crippen LogP contribution in [0.15, 0.2) is 71.3 Å². The summed E-state index contributed by atoms with van der Waals surface area (Å²) in [6, 6.07) is 20.4. The van der Waals surface area contributed by atoms with Crippen LogP contribution in [0.4, 0.5) is 0 Å². The third kappa shape index (κ3) is 1.82. The van der Waals surface area contributed by atoms with Crippen molar-refractivity contribution >= 4 is 0 Å². The van der Waals surface area contributed by atoms with Crippen molar-refractivity contribution in [2.45, 2.75) is 0 Å². The van der Waals surface area contributed by atoms with Crippen LogP contribution in [0.2, 0.25) is 0 Å². The van der Waals surface area contributed by atoms with Gasteiger partial charge in [-0.05, 0) is 24.3 Å². The molecule has 3 aromatic rings. The Morgan fingerprint density at radius 2 is 1.33 bits per heavy atom. The van der Waals surface area contributed by atoms with Crippen molar-refractivity contribution in [3.05, 3.63) is 66.9 Å². The summed E-state index contributed by atoms with van der Waals surface area (Å²) in [5, 5.41) is 0. The van der Waals surface area contributed by atoms with Gasteiger partial charge in [-0.1, -0.05) is 36.4 Å². The molecule has 3 rings (SSSR count). The van der Waals surface area contributed by atoms with E-state index in [0.29, 0.717) is 0 Å². The van der Waals surface area contributed by atoms with Gasteiger partial charge in [0.2, 0.25) is 0 Å². The van der Waals surface area contributed by atoms with E-state index in [1.54, 1.807) is 6.26 Å². The van der Waals surface area contributed by atoms with Crippen LogP contribution in [-0.4, -0.2) is 0 Å². The largest absolute Gasteiger partial charge is 0.406 e. The monoisotopic (exact) mass is 236 g/mol. The van der Waals surface area contributed by atoms with Gasteiger partial charge in [-0.15, -0.1) is 0 Å². The van der Waals surface area contributed by atoms with Gasteiger partial charge in [-0.2, -0.15) is 4.57 Å². The smallest absolute Gasteiger partial charge is 0.380 e. The number of oxazole rings is 1. The van der Waals surface area contributed by atoms with Crippen molar-refractivity contribution in [1.82, 2.24) is 0 Å². The molecule has 1 aromatic heterocycles. The molecule has 0 aliphatic rings. The Morgan fingerprint density at radius 1 is 0.778 bits per heavy atom. The molecular formula is C16H14NO+. The zero-order valence-corrected chi connectivity index (χ0v) is 10.2. The standard InChI is InChI=1S/C16H14NO/c1-17-15(13-8-4-2-5-9-13)12-18-16(17)14-10-6-3-7-11-14/h2-12H,1H3/q+1. The minimum atomic E-state index is 0.870. The van der Waals surface area contributed by atoms with Gasteiger partial charge in [0.05, 0.1) is 5.56 Å². The molecule has 0 bridgehead atoms. The number of hydrogen-bond donors (Lipinski definition) is 0. The van der Waals surface area contributed by atoms with Crippen LogP contribution in [-0.2, 0) is 7.05 Å². The van der Waals surface area contributed by atoms with Crippen LogP contribution >= 0.6 is 0 Å². The summed E-state index contributed by atoms with van der Waals surface area (Å²) in [5.74, 6) is 0.870. The van der Waals surface area contributed by atoms with Crippen molar-refractivity contribution in [2.24, 2.45) is 7.05 Å². The van der Waals surface area contributed by atoms with Gasteiger partial charge >= 0.3 is 5.89 Å². The summed E-state index contributed by atoms with van der Waals surface area (Å²) in [4.78, 5) is 0. The molecule has 2 nitrogen and oxygen atoms in total. The van der Waals surface area contributed by atoms with E-state index in [4.69, 9.17) is 4.42 Å². The zero-order chi connectivity index (χ0) is 12.4. The first kappa shape index (κ1) is 10.8. The fraction of sp³-hybridized carbons (Fsp3) is 0.0625. The number of aromatic nitrogens is 1. The molecule has 0 aliphatic carbocycles. The molecule has 0 unspecified atom stereocenters. The van der Waals surface area contributed by atoms with Crippen molar-refractivity contribution in [3.8, 4) is 22.7 Å². The second-order valence-corrected chi connectivity index (χ2v) is 4.22. The molecule has 1 heterocycles. The van der Waals surface area contributed by atoms with Gasteiger partial charge in [0.25, 0.3) is 5.69 Å². The highest BCUT2D eigenvalue weighted by Crippen LogP contribution is 2.21. The van der Waals surface area contributed by atoms with E-state index in [-0.39, 0.29) is 0 Å². The highest BCUT2D eigenvalue weighted by atomic mass is 16.3. The predicted octanol–water partition coefficient (Wildman–Crippen LogP) is 3.44. The molecule has 0 spiro atoms. The van der Waals surface area contributed by atoms with Crippen molar-refractivity contribution < 1.29 is 8.98 Å². The molecule has 2 aromatic carbocycles. The lowest BCUT2D eigenvalue weighted by Crippen LogP contribution is -2.30. The maximum atomic E-state index is 5.70. The highest BCUT2D eigenvalue weighted by Gasteiger charge is 2.20. The Hall–Kier alpha value is -2.35. The van der Waals surface area contributed by atoms with Crippen LogP contribution in [0.1, 0.15) is 0 Å². The zero-order valence-electron chi connectivity index (χ0n) is 10.2. The number of rotatable bonds is 2. The molecule has 0 radical (unpaired) electrons. The molecule has 0 saturated carbocycles. The minimum absolute atomic E-state index is 0.870. The van der Waals surface area contributed by atoms with Crippen LogP contribution in [0.25, 0.3) is 22.7 Å².